The van der Waals surface area contributed by atoms with Gasteiger partial charge in [0.1, 0.15) is 11.9 Å². The van der Waals surface area contributed by atoms with Gasteiger partial charge in [0.25, 0.3) is 0 Å². The molecule has 0 bridgehead atoms. The summed E-state index contributed by atoms with van der Waals surface area (Å²) in [6.07, 6.45) is 9.67. The third-order valence-electron chi connectivity index (χ3n) is 5.20. The number of aromatic nitrogens is 1. The minimum Gasteiger partial charge on any atom is -0.382 e. The van der Waals surface area contributed by atoms with Gasteiger partial charge < -0.3 is 10.6 Å². The number of pyridine rings is 1. The van der Waals surface area contributed by atoms with Crippen LogP contribution in [0.1, 0.15) is 30.7 Å². The van der Waals surface area contributed by atoms with Crippen molar-refractivity contribution in [2.45, 2.75) is 31.2 Å². The fraction of sp³-hybridized carbons (Fsp3) is 0.333. The lowest BCUT2D eigenvalue weighted by Gasteiger charge is -2.26. The summed E-state index contributed by atoms with van der Waals surface area (Å²) in [6, 6.07) is 8.65. The molecule has 1 unspecified atom stereocenters. The molecule has 26 heavy (non-hydrogen) atoms. The van der Waals surface area contributed by atoms with Crippen molar-refractivity contribution < 1.29 is 4.39 Å². The Labute approximate surface area is 152 Å². The lowest BCUT2D eigenvalue weighted by atomic mass is 9.88. The second kappa shape index (κ2) is 7.27. The highest BCUT2D eigenvalue weighted by Crippen LogP contribution is 2.35. The summed E-state index contributed by atoms with van der Waals surface area (Å²) < 4.78 is 13.7. The van der Waals surface area contributed by atoms with Gasteiger partial charge in [-0.05, 0) is 61.5 Å². The Balaban J connectivity index is 1.72. The first kappa shape index (κ1) is 16.7. The van der Waals surface area contributed by atoms with E-state index in [1.165, 1.54) is 6.08 Å². The quantitative estimate of drug-likeness (QED) is 0.873. The first-order valence-corrected chi connectivity index (χ1v) is 9.07. The van der Waals surface area contributed by atoms with Crippen LogP contribution < -0.4 is 10.6 Å². The van der Waals surface area contributed by atoms with Crippen molar-refractivity contribution in [1.82, 2.24) is 10.3 Å². The largest absolute Gasteiger partial charge is 0.382 e. The molecule has 4 nitrogen and oxygen atoms in total. The van der Waals surface area contributed by atoms with Gasteiger partial charge in [0.05, 0.1) is 5.57 Å². The summed E-state index contributed by atoms with van der Waals surface area (Å²) >= 11 is 0. The molecule has 1 aromatic heterocycles. The molecule has 1 fully saturated rings. The number of allylic oxidation sites excluding steroid dienone is 4. The summed E-state index contributed by atoms with van der Waals surface area (Å²) in [4.78, 5) is 4.28. The maximum atomic E-state index is 13.7. The molecule has 1 aliphatic carbocycles. The highest BCUT2D eigenvalue weighted by molar-refractivity contribution is 5.94. The van der Waals surface area contributed by atoms with Crippen molar-refractivity contribution in [1.29, 1.82) is 5.26 Å². The lowest BCUT2D eigenvalue weighted by molar-refractivity contribution is 0.479. The predicted octanol–water partition coefficient (Wildman–Crippen LogP) is 4.19. The number of nitrogens with zero attached hydrogens (tertiary/aromatic N) is 2. The Bertz CT molecular complexity index is 919. The molecule has 2 heterocycles. The van der Waals surface area contributed by atoms with E-state index < -0.39 is 5.83 Å². The molecule has 0 amide bonds. The molecular formula is C21H21FN4. The smallest absolute Gasteiger partial charge is 0.136 e. The Morgan fingerprint density at radius 1 is 1.27 bits per heavy atom. The Hall–Kier alpha value is -2.71. The molecule has 0 spiro atoms. The Morgan fingerprint density at radius 3 is 2.92 bits per heavy atom. The number of fused-ring (bicyclic) bond motifs is 1. The zero-order valence-corrected chi connectivity index (χ0v) is 14.5. The summed E-state index contributed by atoms with van der Waals surface area (Å²) in [7, 11) is 0. The SMILES string of the molecule is N#CC1=CC(c2cc(NC3CCNCC3)c3cnccc3c2)CC=C1F. The second-order valence-electron chi connectivity index (χ2n) is 6.92. The van der Waals surface area contributed by atoms with Crippen molar-refractivity contribution in [3.05, 3.63) is 59.7 Å². The van der Waals surface area contributed by atoms with Crippen molar-refractivity contribution in [2.24, 2.45) is 0 Å². The minimum absolute atomic E-state index is 0.00953. The first-order valence-electron chi connectivity index (χ1n) is 9.07. The lowest BCUT2D eigenvalue weighted by Crippen LogP contribution is -2.35. The fourth-order valence-electron chi connectivity index (χ4n) is 3.75. The summed E-state index contributed by atoms with van der Waals surface area (Å²) in [5.74, 6) is -0.405. The highest BCUT2D eigenvalue weighted by atomic mass is 19.1. The third kappa shape index (κ3) is 3.33. The number of piperidine rings is 1. The van der Waals surface area contributed by atoms with Crippen molar-refractivity contribution in [3.8, 4) is 6.07 Å². The van der Waals surface area contributed by atoms with Crippen LogP contribution in [0.15, 0.2) is 54.1 Å². The van der Waals surface area contributed by atoms with Gasteiger partial charge in [0, 0.05) is 35.4 Å². The number of nitriles is 1. The van der Waals surface area contributed by atoms with Crippen LogP contribution >= 0.6 is 0 Å². The molecule has 132 valence electrons. The van der Waals surface area contributed by atoms with E-state index in [9.17, 15) is 4.39 Å². The monoisotopic (exact) mass is 348 g/mol. The van der Waals surface area contributed by atoms with Gasteiger partial charge in [0.15, 0.2) is 0 Å². The number of benzene rings is 1. The van der Waals surface area contributed by atoms with E-state index in [-0.39, 0.29) is 11.5 Å². The number of rotatable bonds is 3. The third-order valence-corrected chi connectivity index (χ3v) is 5.20. The summed E-state index contributed by atoms with van der Waals surface area (Å²) in [5, 5.41) is 18.4. The van der Waals surface area contributed by atoms with Gasteiger partial charge in [0.2, 0.25) is 0 Å². The molecule has 0 saturated carbocycles. The molecule has 1 aliphatic heterocycles. The highest BCUT2D eigenvalue weighted by Gasteiger charge is 2.20. The average molecular weight is 348 g/mol. The number of halogens is 1. The Kier molecular flexibility index (Phi) is 4.68. The van der Waals surface area contributed by atoms with Gasteiger partial charge in [-0.2, -0.15) is 5.26 Å². The topological polar surface area (TPSA) is 60.7 Å². The van der Waals surface area contributed by atoms with Crippen LogP contribution in [0.2, 0.25) is 0 Å². The molecule has 1 aromatic carbocycles. The van der Waals surface area contributed by atoms with E-state index >= 15 is 0 Å². The van der Waals surface area contributed by atoms with Gasteiger partial charge in [-0.3, -0.25) is 4.98 Å². The molecule has 2 aliphatic rings. The minimum atomic E-state index is -0.415. The molecule has 2 N–H and O–H groups in total. The molecule has 5 heteroatoms. The number of anilines is 1. The number of nitrogens with one attached hydrogen (secondary N) is 2. The zero-order chi connectivity index (χ0) is 17.9. The Morgan fingerprint density at radius 2 is 2.12 bits per heavy atom. The first-order chi connectivity index (χ1) is 12.7. The predicted molar refractivity (Wildman–Crippen MR) is 102 cm³/mol. The van der Waals surface area contributed by atoms with Crippen LogP contribution in [0.25, 0.3) is 10.8 Å². The molecule has 4 rings (SSSR count). The molecule has 1 atom stereocenters. The molecule has 2 aromatic rings. The molecular weight excluding hydrogens is 327 g/mol. The van der Waals surface area contributed by atoms with Crippen LogP contribution in [-0.4, -0.2) is 24.1 Å². The van der Waals surface area contributed by atoms with Crippen LogP contribution in [0.5, 0.6) is 0 Å². The maximum absolute atomic E-state index is 13.7. The van der Waals surface area contributed by atoms with Crippen LogP contribution in [0.4, 0.5) is 10.1 Å². The summed E-state index contributed by atoms with van der Waals surface area (Å²) in [6.45, 7) is 2.04. The molecule has 0 radical (unpaired) electrons. The second-order valence-corrected chi connectivity index (χ2v) is 6.92. The van der Waals surface area contributed by atoms with E-state index in [1.54, 1.807) is 12.3 Å². The van der Waals surface area contributed by atoms with Crippen LogP contribution in [0.3, 0.4) is 0 Å². The number of hydrogen-bond acceptors (Lipinski definition) is 4. The van der Waals surface area contributed by atoms with E-state index in [1.807, 2.05) is 18.3 Å². The van der Waals surface area contributed by atoms with Gasteiger partial charge in [-0.25, -0.2) is 4.39 Å². The average Bonchev–Trinajstić information content (AvgIpc) is 2.69. The van der Waals surface area contributed by atoms with Crippen molar-refractivity contribution in [3.63, 3.8) is 0 Å². The van der Waals surface area contributed by atoms with E-state index in [2.05, 4.69) is 27.8 Å². The van der Waals surface area contributed by atoms with E-state index in [4.69, 9.17) is 5.26 Å². The van der Waals surface area contributed by atoms with Crippen molar-refractivity contribution in [2.75, 3.05) is 18.4 Å². The van der Waals surface area contributed by atoms with E-state index in [0.29, 0.717) is 12.5 Å². The summed E-state index contributed by atoms with van der Waals surface area (Å²) in [5.41, 5.74) is 2.29. The maximum Gasteiger partial charge on any atom is 0.136 e. The van der Waals surface area contributed by atoms with E-state index in [0.717, 1.165) is 48.0 Å². The van der Waals surface area contributed by atoms with Crippen LogP contribution in [-0.2, 0) is 0 Å². The zero-order valence-electron chi connectivity index (χ0n) is 14.5. The standard InChI is InChI=1S/C21H21FN4/c22-20-2-1-14(9-17(20)12-23)16-10-15-3-6-25-13-19(15)21(11-16)26-18-4-7-24-8-5-18/h2-3,6,9-11,13-14,18,24,26H,1,4-5,7-8H2. The molecule has 1 saturated heterocycles. The normalized spacial score (nSPS) is 21.0. The van der Waals surface area contributed by atoms with Crippen molar-refractivity contribution >= 4 is 16.5 Å². The fourth-order valence-corrected chi connectivity index (χ4v) is 3.75. The van der Waals surface area contributed by atoms with Crippen LogP contribution in [0, 0.1) is 11.3 Å². The van der Waals surface area contributed by atoms with Gasteiger partial charge >= 0.3 is 0 Å². The van der Waals surface area contributed by atoms with Gasteiger partial charge in [-0.15, -0.1) is 0 Å². The van der Waals surface area contributed by atoms with Gasteiger partial charge in [-0.1, -0.05) is 12.1 Å². The number of hydrogen-bond donors (Lipinski definition) is 2.